The summed E-state index contributed by atoms with van der Waals surface area (Å²) in [5.41, 5.74) is 4.83. The average molecular weight is 329 g/mol. The first-order valence-corrected chi connectivity index (χ1v) is 6.23. The molecule has 1 fully saturated rings. The fourth-order valence-corrected chi connectivity index (χ4v) is 1.70. The van der Waals surface area contributed by atoms with Gasteiger partial charge in [-0.3, -0.25) is 14.4 Å². The van der Waals surface area contributed by atoms with E-state index in [1.807, 2.05) is 5.32 Å². The molecule has 3 N–H and O–H groups in total. The van der Waals surface area contributed by atoms with Gasteiger partial charge in [-0.2, -0.15) is 0 Å². The molecule has 10 heteroatoms. The minimum absolute atomic E-state index is 0. The summed E-state index contributed by atoms with van der Waals surface area (Å²) in [6.45, 7) is 0.504. The van der Waals surface area contributed by atoms with Crippen LogP contribution in [-0.4, -0.2) is 72.7 Å². The second kappa shape index (κ2) is 8.08. The quantitative estimate of drug-likeness (QED) is 0.599. The van der Waals surface area contributed by atoms with Crippen molar-refractivity contribution in [1.82, 2.24) is 15.1 Å². The maximum atomic E-state index is 12.8. The molecule has 7 nitrogen and oxygen atoms in total. The Morgan fingerprint density at radius 3 is 2.33 bits per heavy atom. The third-order valence-electron chi connectivity index (χ3n) is 2.96. The Balaban J connectivity index is 0.00000400. The molecule has 0 radical (unpaired) electrons. The molecule has 0 bridgehead atoms. The highest BCUT2D eigenvalue weighted by Gasteiger charge is 2.33. The van der Waals surface area contributed by atoms with Crippen LogP contribution < -0.4 is 11.1 Å². The van der Waals surface area contributed by atoms with E-state index in [9.17, 15) is 23.2 Å². The summed E-state index contributed by atoms with van der Waals surface area (Å²) in [6.07, 6.45) is 0. The van der Waals surface area contributed by atoms with Crippen molar-refractivity contribution in [1.29, 1.82) is 0 Å². The van der Waals surface area contributed by atoms with Gasteiger partial charge in [0.15, 0.2) is 0 Å². The van der Waals surface area contributed by atoms with Crippen LogP contribution in [-0.2, 0) is 14.4 Å². The Kier molecular flexibility index (Phi) is 7.51. The normalized spacial score (nSPS) is 15.8. The molecule has 1 rings (SSSR count). The zero-order chi connectivity index (χ0) is 15.3. The SMILES string of the molecule is CCN1CCN(CC(=O)NCC(F)(F)CN)C(=O)C1=O.Cl. The largest absolute Gasteiger partial charge is 0.348 e. The molecule has 0 spiro atoms. The second-order valence-electron chi connectivity index (χ2n) is 4.45. The standard InChI is InChI=1S/C11H18F2N4O3.ClH/c1-2-16-3-4-17(10(20)9(16)19)5-8(18)15-7-11(12,13)6-14;/h2-7,14H2,1H3,(H,15,18);1H. The number of nitrogens with one attached hydrogen (secondary N) is 1. The fourth-order valence-electron chi connectivity index (χ4n) is 1.70. The molecule has 21 heavy (non-hydrogen) atoms. The van der Waals surface area contributed by atoms with E-state index in [4.69, 9.17) is 5.73 Å². The number of rotatable bonds is 6. The number of hydrogen-bond donors (Lipinski definition) is 2. The van der Waals surface area contributed by atoms with E-state index in [1.54, 1.807) is 6.92 Å². The Hall–Kier alpha value is -1.48. The van der Waals surface area contributed by atoms with Gasteiger partial charge in [0.25, 0.3) is 5.92 Å². The van der Waals surface area contributed by atoms with Gasteiger partial charge < -0.3 is 20.9 Å². The lowest BCUT2D eigenvalue weighted by Crippen LogP contribution is -2.56. The van der Waals surface area contributed by atoms with E-state index < -0.39 is 43.3 Å². The van der Waals surface area contributed by atoms with E-state index >= 15 is 0 Å². The molecule has 122 valence electrons. The van der Waals surface area contributed by atoms with Gasteiger partial charge in [-0.15, -0.1) is 12.4 Å². The lowest BCUT2D eigenvalue weighted by molar-refractivity contribution is -0.156. The number of halogens is 3. The van der Waals surface area contributed by atoms with Crippen molar-refractivity contribution in [3.05, 3.63) is 0 Å². The smallest absolute Gasteiger partial charge is 0.312 e. The second-order valence-corrected chi connectivity index (χ2v) is 4.45. The Morgan fingerprint density at radius 2 is 1.81 bits per heavy atom. The molecule has 3 amide bonds. The van der Waals surface area contributed by atoms with Gasteiger partial charge in [0.1, 0.15) is 6.54 Å². The van der Waals surface area contributed by atoms with Gasteiger partial charge >= 0.3 is 11.8 Å². The molecule has 0 aromatic rings. The molecule has 0 atom stereocenters. The minimum atomic E-state index is -3.18. The van der Waals surface area contributed by atoms with Crippen LogP contribution in [0.3, 0.4) is 0 Å². The Labute approximate surface area is 127 Å². The van der Waals surface area contributed by atoms with Crippen molar-refractivity contribution < 1.29 is 23.2 Å². The van der Waals surface area contributed by atoms with Crippen molar-refractivity contribution in [2.24, 2.45) is 5.73 Å². The molecule has 0 aliphatic carbocycles. The van der Waals surface area contributed by atoms with Crippen molar-refractivity contribution in [3.8, 4) is 0 Å². The highest BCUT2D eigenvalue weighted by Crippen LogP contribution is 2.09. The van der Waals surface area contributed by atoms with Gasteiger partial charge in [-0.05, 0) is 6.92 Å². The average Bonchev–Trinajstić information content (AvgIpc) is 2.42. The molecule has 1 heterocycles. The Bertz CT molecular complexity index is 409. The van der Waals surface area contributed by atoms with E-state index in [0.29, 0.717) is 13.1 Å². The predicted octanol–water partition coefficient (Wildman–Crippen LogP) is -1.19. The lowest BCUT2D eigenvalue weighted by Gasteiger charge is -2.32. The monoisotopic (exact) mass is 328 g/mol. The molecular formula is C11H19ClF2N4O3. The third kappa shape index (κ3) is 5.43. The summed E-state index contributed by atoms with van der Waals surface area (Å²) in [5, 5.41) is 1.99. The van der Waals surface area contributed by atoms with E-state index in [2.05, 4.69) is 0 Å². The number of hydrogen-bond acceptors (Lipinski definition) is 4. The van der Waals surface area contributed by atoms with Gasteiger partial charge in [-0.25, -0.2) is 8.78 Å². The van der Waals surface area contributed by atoms with Crippen molar-refractivity contribution in [2.75, 3.05) is 39.3 Å². The van der Waals surface area contributed by atoms with Crippen LogP contribution in [0.5, 0.6) is 0 Å². The number of nitrogens with two attached hydrogens (primary N) is 1. The molecule has 0 unspecified atom stereocenters. The molecule has 0 aromatic heterocycles. The van der Waals surface area contributed by atoms with Crippen LogP contribution in [0.4, 0.5) is 8.78 Å². The van der Waals surface area contributed by atoms with Crippen LogP contribution in [0, 0.1) is 0 Å². The molecule has 0 aromatic carbocycles. The summed E-state index contributed by atoms with van der Waals surface area (Å²) in [6, 6.07) is 0. The minimum Gasteiger partial charge on any atom is -0.348 e. The lowest BCUT2D eigenvalue weighted by atomic mass is 10.3. The summed E-state index contributed by atoms with van der Waals surface area (Å²) in [7, 11) is 0. The highest BCUT2D eigenvalue weighted by molar-refractivity contribution is 6.35. The summed E-state index contributed by atoms with van der Waals surface area (Å²) < 4.78 is 25.7. The first kappa shape index (κ1) is 19.5. The fraction of sp³-hybridized carbons (Fsp3) is 0.727. The predicted molar refractivity (Wildman–Crippen MR) is 73.1 cm³/mol. The van der Waals surface area contributed by atoms with E-state index in [1.165, 1.54) is 4.90 Å². The van der Waals surface area contributed by atoms with Crippen LogP contribution in [0.2, 0.25) is 0 Å². The zero-order valence-corrected chi connectivity index (χ0v) is 12.4. The van der Waals surface area contributed by atoms with E-state index in [0.717, 1.165) is 4.90 Å². The number of carbonyl (C=O) groups is 3. The zero-order valence-electron chi connectivity index (χ0n) is 11.6. The van der Waals surface area contributed by atoms with Gasteiger partial charge in [-0.1, -0.05) is 0 Å². The van der Waals surface area contributed by atoms with E-state index in [-0.39, 0.29) is 19.0 Å². The van der Waals surface area contributed by atoms with Gasteiger partial charge in [0.2, 0.25) is 5.91 Å². The number of nitrogens with zero attached hydrogens (tertiary/aromatic N) is 2. The third-order valence-corrected chi connectivity index (χ3v) is 2.96. The number of likely N-dealkylation sites (N-methyl/N-ethyl adjacent to an activating group) is 1. The topological polar surface area (TPSA) is 95.7 Å². The first-order valence-electron chi connectivity index (χ1n) is 6.23. The van der Waals surface area contributed by atoms with Crippen LogP contribution in [0.25, 0.3) is 0 Å². The molecule has 1 saturated heterocycles. The molecule has 1 aliphatic heterocycles. The highest BCUT2D eigenvalue weighted by atomic mass is 35.5. The van der Waals surface area contributed by atoms with Crippen molar-refractivity contribution >= 4 is 30.1 Å². The maximum absolute atomic E-state index is 12.8. The summed E-state index contributed by atoms with van der Waals surface area (Å²) in [5.74, 6) is -5.40. The number of amides is 3. The molecule has 1 aliphatic rings. The first-order chi connectivity index (χ1) is 9.30. The number of piperazine rings is 1. The summed E-state index contributed by atoms with van der Waals surface area (Å²) in [4.78, 5) is 37.1. The van der Waals surface area contributed by atoms with Crippen LogP contribution in [0.15, 0.2) is 0 Å². The van der Waals surface area contributed by atoms with Gasteiger partial charge in [0, 0.05) is 19.6 Å². The molecular weight excluding hydrogens is 310 g/mol. The van der Waals surface area contributed by atoms with Crippen LogP contribution in [0.1, 0.15) is 6.92 Å². The molecule has 0 saturated carbocycles. The maximum Gasteiger partial charge on any atom is 0.312 e. The van der Waals surface area contributed by atoms with Crippen molar-refractivity contribution in [3.63, 3.8) is 0 Å². The number of carbonyl (C=O) groups excluding carboxylic acids is 3. The van der Waals surface area contributed by atoms with Crippen molar-refractivity contribution in [2.45, 2.75) is 12.8 Å². The summed E-state index contributed by atoms with van der Waals surface area (Å²) >= 11 is 0. The van der Waals surface area contributed by atoms with Gasteiger partial charge in [0.05, 0.1) is 13.1 Å². The Morgan fingerprint density at radius 1 is 1.29 bits per heavy atom. The van der Waals surface area contributed by atoms with Crippen LogP contribution >= 0.6 is 12.4 Å². The number of alkyl halides is 2.